The molecule has 1 aromatic rings. The van der Waals surface area contributed by atoms with Gasteiger partial charge < -0.3 is 15.5 Å². The zero-order valence-corrected chi connectivity index (χ0v) is 17.3. The number of rotatable bonds is 10. The lowest BCUT2D eigenvalue weighted by molar-refractivity contribution is 0.292. The summed E-state index contributed by atoms with van der Waals surface area (Å²) in [5, 5.41) is 11.0. The molecule has 1 rings (SSSR count). The fourth-order valence-electron chi connectivity index (χ4n) is 2.38. The van der Waals surface area contributed by atoms with E-state index in [0.717, 1.165) is 38.6 Å². The van der Waals surface area contributed by atoms with Crippen LogP contribution in [0.5, 0.6) is 0 Å². The Morgan fingerprint density at radius 3 is 2.65 bits per heavy atom. The van der Waals surface area contributed by atoms with Gasteiger partial charge in [0.2, 0.25) is 0 Å². The van der Waals surface area contributed by atoms with Crippen molar-refractivity contribution in [3.05, 3.63) is 18.5 Å². The maximum atomic E-state index is 4.28. The van der Waals surface area contributed by atoms with Gasteiger partial charge in [0.05, 0.1) is 6.54 Å². The van der Waals surface area contributed by atoms with Gasteiger partial charge in [-0.05, 0) is 45.5 Å². The van der Waals surface area contributed by atoms with Crippen LogP contribution in [-0.4, -0.2) is 59.9 Å². The highest BCUT2D eigenvalue weighted by atomic mass is 127. The number of halogens is 1. The molecule has 0 saturated carbocycles. The highest BCUT2D eigenvalue weighted by Gasteiger charge is 2.06. The van der Waals surface area contributed by atoms with Crippen LogP contribution in [0, 0.1) is 0 Å². The summed E-state index contributed by atoms with van der Waals surface area (Å²) in [5.41, 5.74) is 0. The van der Waals surface area contributed by atoms with Crippen LogP contribution < -0.4 is 10.6 Å². The molecule has 6 nitrogen and oxygen atoms in total. The maximum Gasteiger partial charge on any atom is 0.191 e. The first kappa shape index (κ1) is 22.2. The van der Waals surface area contributed by atoms with Crippen molar-refractivity contribution in [1.82, 2.24) is 25.3 Å². The first-order valence-electron chi connectivity index (χ1n) is 8.36. The monoisotopic (exact) mass is 436 g/mol. The molecule has 1 heterocycles. The Morgan fingerprint density at radius 1 is 1.35 bits per heavy atom. The second-order valence-corrected chi connectivity index (χ2v) is 5.48. The van der Waals surface area contributed by atoms with Crippen LogP contribution in [-0.2, 0) is 6.54 Å². The van der Waals surface area contributed by atoms with Crippen LogP contribution in [0.1, 0.15) is 33.6 Å². The highest BCUT2D eigenvalue weighted by molar-refractivity contribution is 14.0. The van der Waals surface area contributed by atoms with E-state index in [1.165, 1.54) is 13.0 Å². The van der Waals surface area contributed by atoms with Gasteiger partial charge in [0.15, 0.2) is 5.96 Å². The van der Waals surface area contributed by atoms with Crippen molar-refractivity contribution in [2.45, 2.75) is 46.2 Å². The normalized spacial score (nSPS) is 12.8. The first-order valence-corrected chi connectivity index (χ1v) is 8.36. The summed E-state index contributed by atoms with van der Waals surface area (Å²) in [5.74, 6) is 0.863. The zero-order chi connectivity index (χ0) is 16.2. The number of aromatic nitrogens is 2. The molecule has 1 unspecified atom stereocenters. The van der Waals surface area contributed by atoms with E-state index in [-0.39, 0.29) is 24.0 Å². The number of hydrogen-bond donors (Lipinski definition) is 2. The van der Waals surface area contributed by atoms with E-state index in [0.29, 0.717) is 6.04 Å². The third kappa shape index (κ3) is 9.80. The third-order valence-electron chi connectivity index (χ3n) is 3.81. The third-order valence-corrected chi connectivity index (χ3v) is 3.81. The van der Waals surface area contributed by atoms with Crippen molar-refractivity contribution in [1.29, 1.82) is 0 Å². The van der Waals surface area contributed by atoms with Crippen molar-refractivity contribution in [2.75, 3.05) is 33.2 Å². The van der Waals surface area contributed by atoms with Crippen molar-refractivity contribution < 1.29 is 0 Å². The quantitative estimate of drug-likeness (QED) is 0.336. The maximum absolute atomic E-state index is 4.28. The molecule has 0 spiro atoms. The second kappa shape index (κ2) is 13.6. The zero-order valence-electron chi connectivity index (χ0n) is 15.0. The Kier molecular flexibility index (Phi) is 13.1. The molecule has 1 atom stereocenters. The average Bonchev–Trinajstić information content (AvgIpc) is 3.04. The van der Waals surface area contributed by atoms with E-state index >= 15 is 0 Å². The van der Waals surface area contributed by atoms with E-state index in [1.807, 2.05) is 24.0 Å². The Morgan fingerprint density at radius 2 is 2.09 bits per heavy atom. The lowest BCUT2D eigenvalue weighted by atomic mass is 10.2. The largest absolute Gasteiger partial charge is 0.355 e. The van der Waals surface area contributed by atoms with Crippen LogP contribution in [0.3, 0.4) is 0 Å². The topological polar surface area (TPSA) is 57.5 Å². The van der Waals surface area contributed by atoms with Crippen molar-refractivity contribution >= 4 is 29.9 Å². The Balaban J connectivity index is 0.00000484. The average molecular weight is 436 g/mol. The van der Waals surface area contributed by atoms with Gasteiger partial charge in [-0.2, -0.15) is 5.10 Å². The lowest BCUT2D eigenvalue weighted by Crippen LogP contribution is -2.43. The molecule has 0 radical (unpaired) electrons. The Labute approximate surface area is 158 Å². The minimum atomic E-state index is 0. The molecule has 1 aromatic heterocycles. The van der Waals surface area contributed by atoms with Crippen LogP contribution in [0.2, 0.25) is 0 Å². The van der Waals surface area contributed by atoms with Gasteiger partial charge in [0, 0.05) is 32.0 Å². The molecular formula is C16H33IN6. The van der Waals surface area contributed by atoms with Crippen molar-refractivity contribution in [2.24, 2.45) is 4.99 Å². The van der Waals surface area contributed by atoms with Gasteiger partial charge in [-0.15, -0.1) is 24.0 Å². The molecule has 0 amide bonds. The molecule has 0 aliphatic carbocycles. The molecule has 0 aromatic carbocycles. The van der Waals surface area contributed by atoms with Crippen LogP contribution in [0.15, 0.2) is 23.5 Å². The lowest BCUT2D eigenvalue weighted by Gasteiger charge is -2.21. The smallest absolute Gasteiger partial charge is 0.191 e. The first-order chi connectivity index (χ1) is 10.7. The van der Waals surface area contributed by atoms with Crippen molar-refractivity contribution in [3.63, 3.8) is 0 Å². The Hall–Kier alpha value is -0.830. The van der Waals surface area contributed by atoms with Gasteiger partial charge in [0.1, 0.15) is 0 Å². The molecule has 2 N–H and O–H groups in total. The fraction of sp³-hybridized carbons (Fsp3) is 0.750. The molecule has 0 aliphatic heterocycles. The SMILES string of the molecule is CCN(CC)CCCC(C)NC(=NC)NCCn1cccn1.I. The minimum absolute atomic E-state index is 0. The summed E-state index contributed by atoms with van der Waals surface area (Å²) >= 11 is 0. The van der Waals surface area contributed by atoms with Crippen LogP contribution >= 0.6 is 24.0 Å². The molecule has 0 aliphatic rings. The van der Waals surface area contributed by atoms with Gasteiger partial charge in [0.25, 0.3) is 0 Å². The molecule has 23 heavy (non-hydrogen) atoms. The number of nitrogens with one attached hydrogen (secondary N) is 2. The van der Waals surface area contributed by atoms with Gasteiger partial charge in [-0.1, -0.05) is 13.8 Å². The summed E-state index contributed by atoms with van der Waals surface area (Å²) in [6.07, 6.45) is 6.12. The summed E-state index contributed by atoms with van der Waals surface area (Å²) in [7, 11) is 1.81. The number of aliphatic imine (C=N–C) groups is 1. The van der Waals surface area contributed by atoms with Gasteiger partial charge in [-0.25, -0.2) is 0 Å². The molecule has 7 heteroatoms. The number of nitrogens with zero attached hydrogens (tertiary/aromatic N) is 4. The molecular weight excluding hydrogens is 403 g/mol. The molecule has 0 bridgehead atoms. The molecule has 0 saturated heterocycles. The standard InChI is InChI=1S/C16H32N6.HI/c1-5-21(6-2)12-7-9-15(3)20-16(17-4)18-11-14-22-13-8-10-19-22;/h8,10,13,15H,5-7,9,11-12,14H2,1-4H3,(H2,17,18,20);1H. The van der Waals surface area contributed by atoms with Gasteiger partial charge >= 0.3 is 0 Å². The highest BCUT2D eigenvalue weighted by Crippen LogP contribution is 1.99. The van der Waals surface area contributed by atoms with Crippen LogP contribution in [0.4, 0.5) is 0 Å². The number of hydrogen-bond acceptors (Lipinski definition) is 3. The Bertz CT molecular complexity index is 403. The summed E-state index contributed by atoms with van der Waals surface area (Å²) in [6, 6.07) is 2.36. The predicted octanol–water partition coefficient (Wildman–Crippen LogP) is 2.18. The van der Waals surface area contributed by atoms with Gasteiger partial charge in [-0.3, -0.25) is 9.67 Å². The van der Waals surface area contributed by atoms with Crippen LogP contribution in [0.25, 0.3) is 0 Å². The van der Waals surface area contributed by atoms with E-state index in [1.54, 1.807) is 6.20 Å². The summed E-state index contributed by atoms with van der Waals surface area (Å²) < 4.78 is 1.91. The van der Waals surface area contributed by atoms with E-state index in [2.05, 4.69) is 46.4 Å². The van der Waals surface area contributed by atoms with E-state index < -0.39 is 0 Å². The summed E-state index contributed by atoms with van der Waals surface area (Å²) in [6.45, 7) is 11.7. The van der Waals surface area contributed by atoms with E-state index in [4.69, 9.17) is 0 Å². The minimum Gasteiger partial charge on any atom is -0.355 e. The summed E-state index contributed by atoms with van der Waals surface area (Å²) in [4.78, 5) is 6.74. The second-order valence-electron chi connectivity index (χ2n) is 5.48. The van der Waals surface area contributed by atoms with Crippen molar-refractivity contribution in [3.8, 4) is 0 Å². The molecule has 0 fully saturated rings. The van der Waals surface area contributed by atoms with E-state index in [9.17, 15) is 0 Å². The molecule has 134 valence electrons. The number of guanidine groups is 1. The fourth-order valence-corrected chi connectivity index (χ4v) is 2.38. The predicted molar refractivity (Wildman–Crippen MR) is 109 cm³/mol.